The van der Waals surface area contributed by atoms with Gasteiger partial charge in [0.05, 0.1) is 0 Å². The van der Waals surface area contributed by atoms with E-state index in [-0.39, 0.29) is 0 Å². The Morgan fingerprint density at radius 2 is 1.73 bits per heavy atom. The van der Waals surface area contributed by atoms with E-state index in [1.807, 2.05) is 30.3 Å². The van der Waals surface area contributed by atoms with Crippen molar-refractivity contribution in [3.05, 3.63) is 35.4 Å². The van der Waals surface area contributed by atoms with Gasteiger partial charge in [0.2, 0.25) is 0 Å². The van der Waals surface area contributed by atoms with Gasteiger partial charge in [-0.3, -0.25) is 4.21 Å². The highest BCUT2D eigenvalue weighted by Gasteiger charge is 1.74. The van der Waals surface area contributed by atoms with Crippen LogP contribution in [0.3, 0.4) is 0 Å². The highest BCUT2D eigenvalue weighted by Crippen LogP contribution is 2.03. The summed E-state index contributed by atoms with van der Waals surface area (Å²) in [5.74, 6) is 0. The number of hydrogen-bond acceptors (Lipinski definition) is 2. The van der Waals surface area contributed by atoms with Crippen molar-refractivity contribution in [1.29, 1.82) is 0 Å². The summed E-state index contributed by atoms with van der Waals surface area (Å²) in [5, 5.41) is 0.794. The summed E-state index contributed by atoms with van der Waals surface area (Å²) < 4.78 is 18.0. The molecule has 1 aromatic rings. The largest absolute Gasteiger partial charge is 0.773 e. The van der Waals surface area contributed by atoms with E-state index >= 15 is 0 Å². The second kappa shape index (κ2) is 6.34. The average Bonchev–Trinajstić information content (AvgIpc) is 1.87. The van der Waals surface area contributed by atoms with Gasteiger partial charge in [-0.15, -0.1) is 0 Å². The molecule has 0 aliphatic rings. The maximum atomic E-state index is 9.00. The molecule has 0 aromatic heterocycles. The molecule has 62 valence electrons. The zero-order chi connectivity index (χ0) is 8.69. The second-order valence-corrected chi connectivity index (χ2v) is 2.94. The average molecular weight is 192 g/mol. The normalized spacial score (nSPS) is 11.2. The first kappa shape index (κ1) is 10.6. The molecule has 0 N–H and O–H groups in total. The van der Waals surface area contributed by atoms with Gasteiger partial charge in [0.15, 0.2) is 0 Å². The van der Waals surface area contributed by atoms with Crippen molar-refractivity contribution < 1.29 is 8.76 Å². The summed E-state index contributed by atoms with van der Waals surface area (Å²) in [7, 11) is 0. The molecule has 4 heteroatoms. The first-order valence-corrected chi connectivity index (χ1v) is 4.70. The van der Waals surface area contributed by atoms with E-state index in [0.717, 1.165) is 11.3 Å². The van der Waals surface area contributed by atoms with Crippen LogP contribution in [-0.4, -0.2) is 15.0 Å². The van der Waals surface area contributed by atoms with Gasteiger partial charge in [-0.1, -0.05) is 40.9 Å². The predicted molar refractivity (Wildman–Crippen MR) is 46.3 cm³/mol. The van der Waals surface area contributed by atoms with Crippen LogP contribution < -0.4 is 0 Å². The maximum absolute atomic E-state index is 9.00. The van der Waals surface area contributed by atoms with Crippen molar-refractivity contribution in [2.75, 3.05) is 6.26 Å². The van der Waals surface area contributed by atoms with Gasteiger partial charge in [0.25, 0.3) is 0 Å². The Morgan fingerprint density at radius 3 is 1.91 bits per heavy atom. The Kier molecular flexibility index (Phi) is 6.12. The van der Waals surface area contributed by atoms with E-state index in [2.05, 4.69) is 0 Å². The van der Waals surface area contributed by atoms with Gasteiger partial charge in [-0.25, -0.2) is 0 Å². The van der Waals surface area contributed by atoms with Gasteiger partial charge in [0, 0.05) is 5.02 Å². The number of benzene rings is 1. The monoisotopic (exact) mass is 191 g/mol. The zero-order valence-electron chi connectivity index (χ0n) is 5.99. The van der Waals surface area contributed by atoms with E-state index in [1.165, 1.54) is 0 Å². The van der Waals surface area contributed by atoms with Gasteiger partial charge in [-0.2, -0.15) is 0 Å². The molecule has 0 heterocycles. The molecule has 0 amide bonds. The Hall–Kier alpha value is -0.380. The van der Waals surface area contributed by atoms with Crippen LogP contribution in [0, 0.1) is 0 Å². The van der Waals surface area contributed by atoms with Crippen LogP contribution in [0.4, 0.5) is 0 Å². The molecule has 0 saturated heterocycles. The van der Waals surface area contributed by atoms with Crippen LogP contribution in [0.1, 0.15) is 0 Å². The molecule has 0 radical (unpaired) electrons. The quantitative estimate of drug-likeness (QED) is 0.587. The molecule has 0 aliphatic carbocycles. The third kappa shape index (κ3) is 9.62. The summed E-state index contributed by atoms with van der Waals surface area (Å²) in [5.41, 5.74) is 0. The first-order chi connectivity index (χ1) is 5.13. The van der Waals surface area contributed by atoms with Gasteiger partial charge < -0.3 is 4.55 Å². The second-order valence-electron chi connectivity index (χ2n) is 1.70. The molecular formula is C7H8ClO2S-. The van der Waals surface area contributed by atoms with E-state index in [9.17, 15) is 0 Å². The van der Waals surface area contributed by atoms with Gasteiger partial charge in [-0.05, 0) is 18.4 Å². The van der Waals surface area contributed by atoms with Crippen molar-refractivity contribution in [2.45, 2.75) is 0 Å². The molecule has 1 aromatic carbocycles. The van der Waals surface area contributed by atoms with Crippen LogP contribution in [-0.2, 0) is 11.1 Å². The van der Waals surface area contributed by atoms with Crippen LogP contribution in [0.25, 0.3) is 0 Å². The van der Waals surface area contributed by atoms with Crippen LogP contribution in [0.15, 0.2) is 30.3 Å². The summed E-state index contributed by atoms with van der Waals surface area (Å²) in [6, 6.07) is 9.44. The topological polar surface area (TPSA) is 40.1 Å². The Morgan fingerprint density at radius 1 is 1.36 bits per heavy atom. The lowest BCUT2D eigenvalue weighted by molar-refractivity contribution is 0.543. The molecule has 0 aliphatic heterocycles. The molecule has 0 spiro atoms. The first-order valence-electron chi connectivity index (χ1n) is 2.84. The lowest BCUT2D eigenvalue weighted by Gasteiger charge is -1.85. The molecular weight excluding hydrogens is 184 g/mol. The predicted octanol–water partition coefficient (Wildman–Crippen LogP) is 1.84. The fourth-order valence-electron chi connectivity index (χ4n) is 0.415. The SMILES string of the molecule is CS(=O)[O-].Clc1ccccc1. The summed E-state index contributed by atoms with van der Waals surface area (Å²) in [6.07, 6.45) is 1.08. The zero-order valence-corrected chi connectivity index (χ0v) is 7.56. The lowest BCUT2D eigenvalue weighted by atomic mass is 10.4. The molecule has 0 bridgehead atoms. The highest BCUT2D eigenvalue weighted by molar-refractivity contribution is 7.78. The molecule has 1 unspecified atom stereocenters. The maximum Gasteiger partial charge on any atom is 0.0405 e. The van der Waals surface area contributed by atoms with E-state index in [0.29, 0.717) is 0 Å². The van der Waals surface area contributed by atoms with Crippen molar-refractivity contribution in [2.24, 2.45) is 0 Å². The molecule has 0 fully saturated rings. The number of rotatable bonds is 0. The van der Waals surface area contributed by atoms with Crippen LogP contribution in [0.2, 0.25) is 5.02 Å². The number of hydrogen-bond donors (Lipinski definition) is 0. The third-order valence-corrected chi connectivity index (χ3v) is 0.985. The smallest absolute Gasteiger partial charge is 0.0405 e. The minimum Gasteiger partial charge on any atom is -0.773 e. The fourth-order valence-corrected chi connectivity index (χ4v) is 0.560. The van der Waals surface area contributed by atoms with Crippen LogP contribution >= 0.6 is 11.6 Å². The van der Waals surface area contributed by atoms with Crippen molar-refractivity contribution in [3.8, 4) is 0 Å². The Labute approximate surface area is 73.5 Å². The molecule has 2 nitrogen and oxygen atoms in total. The van der Waals surface area contributed by atoms with Crippen molar-refractivity contribution >= 4 is 22.7 Å². The van der Waals surface area contributed by atoms with Crippen molar-refractivity contribution in [3.63, 3.8) is 0 Å². The third-order valence-electron chi connectivity index (χ3n) is 0.733. The minimum atomic E-state index is -1.86. The molecule has 1 rings (SSSR count). The molecule has 0 saturated carbocycles. The van der Waals surface area contributed by atoms with Gasteiger partial charge in [0.1, 0.15) is 0 Å². The van der Waals surface area contributed by atoms with E-state index in [4.69, 9.17) is 20.4 Å². The summed E-state index contributed by atoms with van der Waals surface area (Å²) in [4.78, 5) is 0. The van der Waals surface area contributed by atoms with Gasteiger partial charge >= 0.3 is 0 Å². The summed E-state index contributed by atoms with van der Waals surface area (Å²) in [6.45, 7) is 0. The van der Waals surface area contributed by atoms with E-state index in [1.54, 1.807) is 0 Å². The lowest BCUT2D eigenvalue weighted by Crippen LogP contribution is -1.73. The molecule has 1 atom stereocenters. The Bertz CT molecular complexity index is 209. The van der Waals surface area contributed by atoms with E-state index < -0.39 is 11.1 Å². The standard InChI is InChI=1S/C6H5Cl.CH4O2S/c7-6-4-2-1-3-5-6;1-4(2)3/h1-5H;1H3,(H,2,3)/p-1. The summed E-state index contributed by atoms with van der Waals surface area (Å²) >= 11 is 3.68. The fraction of sp³-hybridized carbons (Fsp3) is 0.143. The van der Waals surface area contributed by atoms with Crippen LogP contribution in [0.5, 0.6) is 0 Å². The number of halogens is 1. The highest BCUT2D eigenvalue weighted by atomic mass is 35.5. The minimum absolute atomic E-state index is 0.794. The molecule has 11 heavy (non-hydrogen) atoms. The van der Waals surface area contributed by atoms with Crippen molar-refractivity contribution in [1.82, 2.24) is 0 Å². The Balaban J connectivity index is 0.000000218.